The summed E-state index contributed by atoms with van der Waals surface area (Å²) in [7, 11) is -0.700. The summed E-state index contributed by atoms with van der Waals surface area (Å²) in [6, 6.07) is -0.350. The van der Waals surface area contributed by atoms with E-state index in [0.717, 1.165) is 0 Å². The fourth-order valence-corrected chi connectivity index (χ4v) is 2.07. The highest BCUT2D eigenvalue weighted by Crippen LogP contribution is 2.10. The fourth-order valence-electron chi connectivity index (χ4n) is 0.903. The Labute approximate surface area is 94.6 Å². The molecule has 0 aliphatic heterocycles. The molecule has 0 rings (SSSR count). The molecule has 90 valence electrons. The summed E-state index contributed by atoms with van der Waals surface area (Å²) >= 11 is 0. The molecule has 0 spiro atoms. The highest BCUT2D eigenvalue weighted by Gasteiger charge is 2.42. The van der Waals surface area contributed by atoms with Crippen molar-refractivity contribution in [2.75, 3.05) is 20.8 Å². The van der Waals surface area contributed by atoms with Crippen LogP contribution in [0.3, 0.4) is 0 Å². The van der Waals surface area contributed by atoms with Crippen LogP contribution in [-0.2, 0) is 22.9 Å². The molecule has 0 saturated heterocycles. The van der Waals surface area contributed by atoms with Crippen LogP contribution in [0, 0.1) is 0 Å². The average molecular weight is 246 g/mol. The molecule has 1 unspecified atom stereocenters. The van der Waals surface area contributed by atoms with Gasteiger partial charge >= 0.3 is 8.97 Å². The molecular weight excluding hydrogens is 232 g/mol. The van der Waals surface area contributed by atoms with E-state index in [1.54, 1.807) is 0 Å². The lowest BCUT2D eigenvalue weighted by Gasteiger charge is -2.20. The Kier molecular flexibility index (Phi) is 7.48. The zero-order valence-electron chi connectivity index (χ0n) is 9.43. The third-order valence-electron chi connectivity index (χ3n) is 1.86. The molecule has 0 fully saturated rings. The summed E-state index contributed by atoms with van der Waals surface area (Å²) in [5.74, 6) is 0. The molecule has 0 aliphatic rings. The van der Waals surface area contributed by atoms with Gasteiger partial charge in [-0.2, -0.15) is 4.66 Å². The Hall–Kier alpha value is -1.14. The van der Waals surface area contributed by atoms with Gasteiger partial charge < -0.3 is 13.3 Å². The number of isocyanates is 2. The summed E-state index contributed by atoms with van der Waals surface area (Å²) in [5.41, 5.74) is 0. The monoisotopic (exact) mass is 246 g/mol. The topological polar surface area (TPSA) is 86.6 Å². The van der Waals surface area contributed by atoms with Gasteiger partial charge in [0.1, 0.15) is 0 Å². The first-order chi connectivity index (χ1) is 7.67. The largest absolute Gasteiger partial charge is 0.663 e. The van der Waals surface area contributed by atoms with E-state index in [2.05, 4.69) is 9.65 Å². The lowest BCUT2D eigenvalue weighted by molar-refractivity contribution is 0.0938. The third-order valence-corrected chi connectivity index (χ3v) is 3.79. The quantitative estimate of drug-likeness (QED) is 0.346. The summed E-state index contributed by atoms with van der Waals surface area (Å²) in [5, 5.41) is 0. The lowest BCUT2D eigenvalue weighted by atomic mass is 10.3. The van der Waals surface area contributed by atoms with Gasteiger partial charge in [0.2, 0.25) is 12.2 Å². The van der Waals surface area contributed by atoms with Gasteiger partial charge in [0.25, 0.3) is 0 Å². The number of rotatable bonds is 8. The summed E-state index contributed by atoms with van der Waals surface area (Å²) < 4.78 is 18.5. The molecule has 8 heteroatoms. The van der Waals surface area contributed by atoms with E-state index < -0.39 is 8.97 Å². The van der Waals surface area contributed by atoms with Crippen LogP contribution in [0.25, 0.3) is 0 Å². The molecule has 0 N–H and O–H groups in total. The molecule has 0 aromatic rings. The van der Waals surface area contributed by atoms with Crippen LogP contribution < -0.4 is 0 Å². The molecule has 0 bridgehead atoms. The minimum absolute atomic E-state index is 0.0742. The van der Waals surface area contributed by atoms with Crippen LogP contribution in [0.1, 0.15) is 13.3 Å². The second kappa shape index (κ2) is 8.06. The van der Waals surface area contributed by atoms with E-state index in [0.29, 0.717) is 6.42 Å². The molecule has 0 aromatic heterocycles. The van der Waals surface area contributed by atoms with Crippen LogP contribution in [0.5, 0.6) is 0 Å². The van der Waals surface area contributed by atoms with Gasteiger partial charge in [-0.1, -0.05) is 6.92 Å². The number of hydrogen-bond acceptors (Lipinski definition) is 7. The molecular formula is C8H14N2O5Si. The van der Waals surface area contributed by atoms with E-state index in [-0.39, 0.29) is 12.6 Å². The van der Waals surface area contributed by atoms with Gasteiger partial charge in [-0.05, 0) is 6.42 Å². The normalized spacial score (nSPS) is 12.4. The first-order valence-electron chi connectivity index (χ1n) is 4.58. The van der Waals surface area contributed by atoms with Crippen molar-refractivity contribution in [2.24, 2.45) is 9.65 Å². The molecule has 0 heterocycles. The van der Waals surface area contributed by atoms with Crippen LogP contribution >= 0.6 is 0 Å². The Bertz CT molecular complexity index is 295. The maximum atomic E-state index is 10.2. The van der Waals surface area contributed by atoms with Gasteiger partial charge in [-0.15, -0.1) is 0 Å². The minimum atomic E-state index is -3.34. The predicted molar refractivity (Wildman–Crippen MR) is 56.0 cm³/mol. The minimum Gasteiger partial charge on any atom is -0.358 e. The Morgan fingerprint density at radius 2 is 1.88 bits per heavy atom. The van der Waals surface area contributed by atoms with Gasteiger partial charge in [0, 0.05) is 14.2 Å². The summed E-state index contributed by atoms with van der Waals surface area (Å²) in [4.78, 5) is 23.8. The van der Waals surface area contributed by atoms with Crippen molar-refractivity contribution < 1.29 is 22.9 Å². The highest BCUT2D eigenvalue weighted by molar-refractivity contribution is 6.59. The standard InChI is InChI=1S/C8H14N2O5Si/c1-4-8(9-6-11)5-15-16(13-2,14-3)10-7-12/h8H,4-5H2,1-3H3. The van der Waals surface area contributed by atoms with Crippen molar-refractivity contribution in [3.63, 3.8) is 0 Å². The highest BCUT2D eigenvalue weighted by atomic mass is 28.4. The van der Waals surface area contributed by atoms with Gasteiger partial charge in [-0.25, -0.2) is 14.6 Å². The maximum Gasteiger partial charge on any atom is 0.663 e. The Balaban J connectivity index is 4.52. The van der Waals surface area contributed by atoms with E-state index in [1.807, 2.05) is 6.92 Å². The van der Waals surface area contributed by atoms with Crippen molar-refractivity contribution in [1.82, 2.24) is 0 Å². The van der Waals surface area contributed by atoms with Gasteiger partial charge in [0.05, 0.1) is 12.6 Å². The van der Waals surface area contributed by atoms with Crippen LogP contribution in [0.15, 0.2) is 9.65 Å². The zero-order valence-corrected chi connectivity index (χ0v) is 10.4. The number of nitrogens with zero attached hydrogens (tertiary/aromatic N) is 2. The SMILES string of the molecule is CCC(CO[Si](N=C=O)(OC)OC)N=C=O. The molecule has 16 heavy (non-hydrogen) atoms. The summed E-state index contributed by atoms with van der Waals surface area (Å²) in [6.45, 7) is 1.91. The lowest BCUT2D eigenvalue weighted by Crippen LogP contribution is -2.43. The molecule has 0 amide bonds. The smallest absolute Gasteiger partial charge is 0.358 e. The maximum absolute atomic E-state index is 10.2. The molecule has 7 nitrogen and oxygen atoms in total. The van der Waals surface area contributed by atoms with Crippen molar-refractivity contribution in [2.45, 2.75) is 19.4 Å². The van der Waals surface area contributed by atoms with Crippen molar-refractivity contribution in [1.29, 1.82) is 0 Å². The Morgan fingerprint density at radius 1 is 1.25 bits per heavy atom. The van der Waals surface area contributed by atoms with Gasteiger partial charge in [0.15, 0.2) is 0 Å². The molecule has 1 atom stereocenters. The molecule has 0 saturated carbocycles. The van der Waals surface area contributed by atoms with Crippen molar-refractivity contribution in [3.8, 4) is 0 Å². The van der Waals surface area contributed by atoms with E-state index in [4.69, 9.17) is 13.3 Å². The van der Waals surface area contributed by atoms with E-state index >= 15 is 0 Å². The number of hydrogen-bond donors (Lipinski definition) is 0. The molecule has 0 radical (unpaired) electrons. The Morgan fingerprint density at radius 3 is 2.25 bits per heavy atom. The first kappa shape index (κ1) is 14.9. The first-order valence-corrected chi connectivity index (χ1v) is 6.25. The molecule has 0 aromatic carbocycles. The average Bonchev–Trinajstić information content (AvgIpc) is 2.33. The second-order valence-corrected chi connectivity index (χ2v) is 5.11. The second-order valence-electron chi connectivity index (χ2n) is 2.73. The van der Waals surface area contributed by atoms with Crippen LogP contribution in [0.2, 0.25) is 0 Å². The van der Waals surface area contributed by atoms with E-state index in [9.17, 15) is 9.59 Å². The summed E-state index contributed by atoms with van der Waals surface area (Å²) in [6.07, 6.45) is 3.38. The third kappa shape index (κ3) is 4.58. The van der Waals surface area contributed by atoms with Crippen LogP contribution in [-0.4, -0.2) is 48.0 Å². The number of carbonyl (C=O) groups excluding carboxylic acids is 2. The van der Waals surface area contributed by atoms with Gasteiger partial charge in [-0.3, -0.25) is 0 Å². The van der Waals surface area contributed by atoms with Crippen molar-refractivity contribution in [3.05, 3.63) is 0 Å². The fraction of sp³-hybridized carbons (Fsp3) is 0.750. The van der Waals surface area contributed by atoms with E-state index in [1.165, 1.54) is 26.4 Å². The van der Waals surface area contributed by atoms with Crippen LogP contribution in [0.4, 0.5) is 0 Å². The van der Waals surface area contributed by atoms with Crippen molar-refractivity contribution >= 4 is 21.1 Å². The molecule has 0 aliphatic carbocycles. The zero-order chi connectivity index (χ0) is 12.4. The number of aliphatic imine (C=N–C) groups is 1. The predicted octanol–water partition coefficient (Wildman–Crippen LogP) is 0.182.